The van der Waals surface area contributed by atoms with Crippen molar-refractivity contribution in [2.24, 2.45) is 11.8 Å². The fourth-order valence-electron chi connectivity index (χ4n) is 4.43. The summed E-state index contributed by atoms with van der Waals surface area (Å²) in [7, 11) is -3.80. The molecule has 1 atom stereocenters. The standard InChI is InChI=1S/C19H22N2O4S/c22-18-11-10-17(26(24,25)16-4-2-1-3-5-16)20-21(18)13-19(23)12-14-6-8-15(19)9-7-14/h1-5,10-11,14-15,23H,6-9,12-13H2. The highest BCUT2D eigenvalue weighted by molar-refractivity contribution is 7.91. The molecule has 138 valence electrons. The van der Waals surface area contributed by atoms with Gasteiger partial charge in [0.1, 0.15) is 0 Å². The molecule has 6 nitrogen and oxygen atoms in total. The minimum absolute atomic E-state index is 0.0468. The summed E-state index contributed by atoms with van der Waals surface area (Å²) in [6, 6.07) is 10.5. The average molecular weight is 374 g/mol. The minimum Gasteiger partial charge on any atom is -0.388 e. The summed E-state index contributed by atoms with van der Waals surface area (Å²) in [6.07, 6.45) is 4.81. The fraction of sp³-hybridized carbons (Fsp3) is 0.474. The third-order valence-corrected chi connectivity index (χ3v) is 7.50. The molecular formula is C19H22N2O4S. The monoisotopic (exact) mass is 374 g/mol. The van der Waals surface area contributed by atoms with Crippen LogP contribution in [0.15, 0.2) is 57.2 Å². The van der Waals surface area contributed by atoms with E-state index in [2.05, 4.69) is 5.10 Å². The van der Waals surface area contributed by atoms with Gasteiger partial charge >= 0.3 is 0 Å². The van der Waals surface area contributed by atoms with Gasteiger partial charge < -0.3 is 5.11 Å². The second-order valence-corrected chi connectivity index (χ2v) is 9.41. The highest BCUT2D eigenvalue weighted by atomic mass is 32.2. The average Bonchev–Trinajstić information content (AvgIpc) is 2.65. The van der Waals surface area contributed by atoms with Gasteiger partial charge in [-0.25, -0.2) is 13.1 Å². The number of rotatable bonds is 4. The van der Waals surface area contributed by atoms with Crippen LogP contribution in [-0.2, 0) is 16.4 Å². The molecule has 0 saturated heterocycles. The molecule has 7 heteroatoms. The fourth-order valence-corrected chi connectivity index (χ4v) is 5.64. The zero-order chi connectivity index (χ0) is 18.4. The van der Waals surface area contributed by atoms with Crippen molar-refractivity contribution in [3.05, 3.63) is 52.8 Å². The zero-order valence-corrected chi connectivity index (χ0v) is 15.2. The first kappa shape index (κ1) is 17.4. The Morgan fingerprint density at radius 3 is 2.38 bits per heavy atom. The molecule has 1 aromatic heterocycles. The van der Waals surface area contributed by atoms with Crippen molar-refractivity contribution in [3.63, 3.8) is 0 Å². The third-order valence-electron chi connectivity index (χ3n) is 5.84. The van der Waals surface area contributed by atoms with E-state index in [0.29, 0.717) is 12.3 Å². The van der Waals surface area contributed by atoms with Crippen molar-refractivity contribution in [2.75, 3.05) is 0 Å². The van der Waals surface area contributed by atoms with Crippen molar-refractivity contribution in [1.29, 1.82) is 0 Å². The maximum Gasteiger partial charge on any atom is 0.266 e. The van der Waals surface area contributed by atoms with E-state index in [1.165, 1.54) is 24.3 Å². The molecule has 2 bridgehead atoms. The summed E-state index contributed by atoms with van der Waals surface area (Å²) >= 11 is 0. The van der Waals surface area contributed by atoms with Crippen molar-refractivity contribution >= 4 is 9.84 Å². The van der Waals surface area contributed by atoms with Crippen molar-refractivity contribution in [3.8, 4) is 0 Å². The molecule has 1 aromatic carbocycles. The molecule has 26 heavy (non-hydrogen) atoms. The number of hydrogen-bond donors (Lipinski definition) is 1. The summed E-state index contributed by atoms with van der Waals surface area (Å²) in [5.41, 5.74) is -1.38. The Morgan fingerprint density at radius 2 is 1.77 bits per heavy atom. The van der Waals surface area contributed by atoms with E-state index in [1.54, 1.807) is 18.2 Å². The summed E-state index contributed by atoms with van der Waals surface area (Å²) in [6.45, 7) is 0.0468. The quantitative estimate of drug-likeness (QED) is 0.884. The van der Waals surface area contributed by atoms with Crippen LogP contribution in [-0.4, -0.2) is 28.9 Å². The molecule has 0 aliphatic heterocycles. The van der Waals surface area contributed by atoms with E-state index in [0.717, 1.165) is 30.4 Å². The first-order chi connectivity index (χ1) is 12.4. The minimum atomic E-state index is -3.80. The summed E-state index contributed by atoms with van der Waals surface area (Å²) in [5, 5.41) is 15.0. The van der Waals surface area contributed by atoms with Crippen LogP contribution in [0.1, 0.15) is 32.1 Å². The lowest BCUT2D eigenvalue weighted by Gasteiger charge is -2.48. The van der Waals surface area contributed by atoms with E-state index in [9.17, 15) is 18.3 Å². The Morgan fingerprint density at radius 1 is 1.08 bits per heavy atom. The molecule has 3 aliphatic carbocycles. The lowest BCUT2D eigenvalue weighted by molar-refractivity contribution is -0.110. The lowest BCUT2D eigenvalue weighted by Crippen LogP contribution is -2.51. The van der Waals surface area contributed by atoms with E-state index in [1.807, 2.05) is 0 Å². The van der Waals surface area contributed by atoms with E-state index < -0.39 is 21.0 Å². The predicted molar refractivity (Wildman–Crippen MR) is 95.4 cm³/mol. The molecule has 3 fully saturated rings. The van der Waals surface area contributed by atoms with Crippen LogP contribution in [0.2, 0.25) is 0 Å². The van der Waals surface area contributed by atoms with Gasteiger partial charge in [-0.15, -0.1) is 0 Å². The number of fused-ring (bicyclic) bond motifs is 3. The SMILES string of the molecule is O=c1ccc(S(=O)(=O)c2ccccc2)nn1CC1(O)CC2CCC1CC2. The molecule has 1 N–H and O–H groups in total. The molecule has 1 heterocycles. The van der Waals surface area contributed by atoms with Crippen LogP contribution in [0.4, 0.5) is 0 Å². The molecular weight excluding hydrogens is 352 g/mol. The maximum atomic E-state index is 12.8. The normalized spacial score (nSPS) is 28.2. The van der Waals surface area contributed by atoms with E-state index >= 15 is 0 Å². The number of aliphatic hydroxyl groups is 1. The van der Waals surface area contributed by atoms with Crippen molar-refractivity contribution in [1.82, 2.24) is 9.78 Å². The van der Waals surface area contributed by atoms with Gasteiger partial charge in [-0.05, 0) is 62.1 Å². The van der Waals surface area contributed by atoms with Crippen LogP contribution < -0.4 is 5.56 Å². The van der Waals surface area contributed by atoms with Gasteiger partial charge in [0.15, 0.2) is 5.03 Å². The summed E-state index contributed by atoms with van der Waals surface area (Å²) in [5.74, 6) is 0.632. The smallest absolute Gasteiger partial charge is 0.266 e. The Labute approximate surface area is 152 Å². The second-order valence-electron chi connectivity index (χ2n) is 7.51. The third kappa shape index (κ3) is 2.99. The molecule has 1 unspecified atom stereocenters. The van der Waals surface area contributed by atoms with Gasteiger partial charge in [0.25, 0.3) is 5.56 Å². The maximum absolute atomic E-state index is 12.8. The highest BCUT2D eigenvalue weighted by Gasteiger charge is 2.46. The van der Waals surface area contributed by atoms with Crippen LogP contribution in [0.5, 0.6) is 0 Å². The van der Waals surface area contributed by atoms with Crippen LogP contribution in [0.25, 0.3) is 0 Å². The Kier molecular flexibility index (Phi) is 4.23. The van der Waals surface area contributed by atoms with Gasteiger partial charge in [-0.1, -0.05) is 18.2 Å². The first-order valence-corrected chi connectivity index (χ1v) is 10.5. The number of benzene rings is 1. The lowest BCUT2D eigenvalue weighted by atomic mass is 9.62. The van der Waals surface area contributed by atoms with Gasteiger partial charge in [-0.3, -0.25) is 4.79 Å². The molecule has 3 saturated carbocycles. The number of sulfone groups is 1. The predicted octanol–water partition coefficient (Wildman–Crippen LogP) is 2.02. The summed E-state index contributed by atoms with van der Waals surface area (Å²) < 4.78 is 26.6. The second kappa shape index (κ2) is 6.32. The van der Waals surface area contributed by atoms with Crippen molar-refractivity contribution < 1.29 is 13.5 Å². The first-order valence-electron chi connectivity index (χ1n) is 8.99. The molecule has 0 amide bonds. The Bertz CT molecular complexity index is 963. The number of hydrogen-bond acceptors (Lipinski definition) is 5. The Hall–Kier alpha value is -1.99. The van der Waals surface area contributed by atoms with Gasteiger partial charge in [0, 0.05) is 6.07 Å². The van der Waals surface area contributed by atoms with E-state index in [4.69, 9.17) is 0 Å². The van der Waals surface area contributed by atoms with Crippen LogP contribution >= 0.6 is 0 Å². The number of aromatic nitrogens is 2. The number of nitrogens with zero attached hydrogens (tertiary/aromatic N) is 2. The highest BCUT2D eigenvalue weighted by Crippen LogP contribution is 2.47. The zero-order valence-electron chi connectivity index (χ0n) is 14.4. The summed E-state index contributed by atoms with van der Waals surface area (Å²) in [4.78, 5) is 12.4. The molecule has 2 aromatic rings. The van der Waals surface area contributed by atoms with Crippen LogP contribution in [0, 0.1) is 11.8 Å². The topological polar surface area (TPSA) is 89.3 Å². The van der Waals surface area contributed by atoms with Crippen molar-refractivity contribution in [2.45, 2.75) is 54.2 Å². The van der Waals surface area contributed by atoms with Crippen LogP contribution in [0.3, 0.4) is 0 Å². The van der Waals surface area contributed by atoms with Gasteiger partial charge in [-0.2, -0.15) is 5.10 Å². The largest absolute Gasteiger partial charge is 0.388 e. The van der Waals surface area contributed by atoms with Gasteiger partial charge in [0.2, 0.25) is 9.84 Å². The molecule has 5 rings (SSSR count). The molecule has 3 aliphatic rings. The molecule has 0 spiro atoms. The molecule has 0 radical (unpaired) electrons. The van der Waals surface area contributed by atoms with Gasteiger partial charge in [0.05, 0.1) is 17.0 Å². The Balaban J connectivity index is 1.68. The van der Waals surface area contributed by atoms with E-state index in [-0.39, 0.29) is 22.4 Å².